The Hall–Kier alpha value is -11.3. The molecule has 0 heterocycles. The zero-order valence-electron chi connectivity index (χ0n) is 75.3. The molecule has 0 bridgehead atoms. The quantitative estimate of drug-likeness (QED) is 0.0247. The summed E-state index contributed by atoms with van der Waals surface area (Å²) in [6.07, 6.45) is 3.99. The Labute approximate surface area is 823 Å². The molecule has 0 unspecified atom stereocenters. The van der Waals surface area contributed by atoms with Crippen LogP contribution in [0.25, 0.3) is 33.4 Å². The van der Waals surface area contributed by atoms with Gasteiger partial charge in [0.15, 0.2) is 46.5 Å². The van der Waals surface area contributed by atoms with Gasteiger partial charge in [0.05, 0.1) is 11.6 Å². The molecule has 0 radical (unpaired) electrons. The fraction of sp³-hybridized carbons (Fsp3) is 0.0769. The zero-order chi connectivity index (χ0) is 94.6. The first-order chi connectivity index (χ1) is 65.2. The van der Waals surface area contributed by atoms with Crippen molar-refractivity contribution in [2.75, 3.05) is 0 Å². The fourth-order valence-electron chi connectivity index (χ4n) is 14.8. The molecule has 0 aliphatic heterocycles. The van der Waals surface area contributed by atoms with Gasteiger partial charge in [-0.1, -0.05) is 501 Å². The predicted molar refractivity (Wildman–Crippen MR) is 569 cm³/mol. The Morgan fingerprint density at radius 2 is 0.452 bits per heavy atom. The molecule has 0 spiro atoms. The van der Waals surface area contributed by atoms with Crippen molar-refractivity contribution >= 4 is 144 Å². The van der Waals surface area contributed by atoms with Crippen LogP contribution in [0.15, 0.2) is 467 Å². The van der Waals surface area contributed by atoms with Gasteiger partial charge in [-0.2, -0.15) is 0 Å². The van der Waals surface area contributed by atoms with E-state index in [0.29, 0.717) is 25.4 Å². The molecule has 0 fully saturated rings. The Morgan fingerprint density at radius 3 is 0.681 bits per heavy atom. The normalized spacial score (nSPS) is 10.7. The van der Waals surface area contributed by atoms with Crippen molar-refractivity contribution in [2.24, 2.45) is 0 Å². The Bertz CT molecular complexity index is 5710. The van der Waals surface area contributed by atoms with Crippen LogP contribution in [0.1, 0.15) is 37.8 Å². The molecule has 18 rings (SSSR count). The van der Waals surface area contributed by atoms with Crippen LogP contribution in [0, 0.1) is 50.1 Å². The number of hydrogen-bond acceptors (Lipinski definition) is 2. The van der Waals surface area contributed by atoms with Crippen molar-refractivity contribution in [3.63, 3.8) is 0 Å². The van der Waals surface area contributed by atoms with Gasteiger partial charge in [0.25, 0.3) is 0 Å². The van der Waals surface area contributed by atoms with Crippen LogP contribution in [0.4, 0.5) is 35.1 Å². The molecule has 2 nitrogen and oxygen atoms in total. The molecule has 18 aromatic rings. The van der Waals surface area contributed by atoms with Gasteiger partial charge in [-0.25, -0.2) is 35.1 Å². The summed E-state index contributed by atoms with van der Waals surface area (Å²) < 4.78 is 111. The van der Waals surface area contributed by atoms with E-state index >= 15 is 0 Å². The predicted octanol–water partition coefficient (Wildman–Crippen LogP) is 25.7. The molecule has 2 N–H and O–H groups in total. The standard InChI is InChI=1S/C24H24F4Si.4C18H15P.C15H13F2I.C6H5BF2O2.Pd/c1-5-6-15-7-9-16(10-8-15)17-11-12-18(22(26)21(17)25)19-13-14-20(29(2,3)4)24(28)23(19)27;4*1-4-10-16(11-5-1)19(17-12-6-2-7-13-17)18-14-8-3-9-15-18;1-2-3-10-4-6-11(7-5-10)12-8-9-13(18)15(17)14(12)16;8-5-3-1-2-4(6(5)9)7(10)11;/h7-14H,5-6H2,1-4H3;4*1-15H;4-9H,2-3H2,1H3;1-3,10-11H;. The molecule has 0 atom stereocenters. The summed E-state index contributed by atoms with van der Waals surface area (Å²) in [4.78, 5) is 0. The van der Waals surface area contributed by atoms with Gasteiger partial charge >= 0.3 is 7.12 Å². The first-order valence-electron chi connectivity index (χ1n) is 44.1. The molecule has 135 heavy (non-hydrogen) atoms. The van der Waals surface area contributed by atoms with E-state index in [2.05, 4.69) is 378 Å². The molecular weight excluding hydrogens is 1990 g/mol. The fourth-order valence-corrected chi connectivity index (χ4v) is 25.8. The van der Waals surface area contributed by atoms with E-state index in [9.17, 15) is 35.1 Å². The second-order valence-electron chi connectivity index (χ2n) is 31.8. The molecule has 0 saturated heterocycles. The Balaban J connectivity index is 0.000000153. The van der Waals surface area contributed by atoms with Crippen LogP contribution in [0.5, 0.6) is 0 Å². The third kappa shape index (κ3) is 29.6. The van der Waals surface area contributed by atoms with E-state index < -0.39 is 98.9 Å². The Morgan fingerprint density at radius 1 is 0.237 bits per heavy atom. The monoisotopic (exact) mass is 2090 g/mol. The summed E-state index contributed by atoms with van der Waals surface area (Å²) in [7, 11) is -5.86. The van der Waals surface area contributed by atoms with E-state index in [1.54, 1.807) is 46.9 Å². The SMILES string of the molecule is CCCc1ccc(-c2ccc(-c3ccc([Si](C)(C)C)c(F)c3F)c(F)c2F)cc1.CCCc1ccc(-c2ccc(I)c(F)c2F)cc1.OB(O)c1cccc(F)c1F.[Pd].c1ccc(P(c2ccccc2)c2ccccc2)cc1.c1ccc(P(c2ccccc2)c2ccccc2)cc1.c1ccc(P(c2ccccc2)c2ccccc2)cc1.c1ccc(P(c2ccccc2)c2ccccc2)cc1. The summed E-state index contributed by atoms with van der Waals surface area (Å²) in [5.74, 6) is -8.22. The number of rotatable bonds is 21. The summed E-state index contributed by atoms with van der Waals surface area (Å²) >= 11 is 1.79. The van der Waals surface area contributed by atoms with Gasteiger partial charge in [-0.15, -0.1) is 0 Å². The van der Waals surface area contributed by atoms with Crippen LogP contribution < -0.4 is 74.3 Å². The number of hydrogen-bond donors (Lipinski definition) is 2. The van der Waals surface area contributed by atoms with Gasteiger partial charge < -0.3 is 10.0 Å². The van der Waals surface area contributed by atoms with Crippen molar-refractivity contribution in [3.05, 3.63) is 528 Å². The molecular formula is C117H102BF8IO2P4PdSi. The van der Waals surface area contributed by atoms with Crippen LogP contribution in [0.2, 0.25) is 19.6 Å². The summed E-state index contributed by atoms with van der Waals surface area (Å²) in [6, 6.07) is 156. The maximum Gasteiger partial charge on any atom is 0.491 e. The Kier molecular flexibility index (Phi) is 41.6. The third-order valence-corrected chi connectivity index (χ3v) is 33.9. The van der Waals surface area contributed by atoms with Gasteiger partial charge in [0.1, 0.15) is 0 Å². The van der Waals surface area contributed by atoms with Crippen molar-refractivity contribution in [2.45, 2.75) is 59.2 Å². The van der Waals surface area contributed by atoms with E-state index in [1.807, 2.05) is 56.0 Å². The van der Waals surface area contributed by atoms with Gasteiger partial charge in [0.2, 0.25) is 0 Å². The first kappa shape index (κ1) is 104. The van der Waals surface area contributed by atoms with Gasteiger partial charge in [-0.3, -0.25) is 0 Å². The maximum absolute atomic E-state index is 14.8. The molecule has 18 heteroatoms. The largest absolute Gasteiger partial charge is 0.491 e. The van der Waals surface area contributed by atoms with Crippen LogP contribution in [-0.2, 0) is 33.3 Å². The molecule has 0 amide bonds. The number of halogens is 9. The van der Waals surface area contributed by atoms with Crippen molar-refractivity contribution in [1.29, 1.82) is 0 Å². The van der Waals surface area contributed by atoms with E-state index in [4.69, 9.17) is 10.0 Å². The zero-order valence-corrected chi connectivity index (χ0v) is 83.6. The smallest absolute Gasteiger partial charge is 0.423 e. The number of aryl methyl sites for hydroxylation is 2. The maximum atomic E-state index is 14.8. The summed E-state index contributed by atoms with van der Waals surface area (Å²) in [5.41, 5.74) is 2.98. The third-order valence-electron chi connectivity index (χ3n) is 21.3. The minimum atomic E-state index is -2.10. The van der Waals surface area contributed by atoms with Crippen LogP contribution in [-0.4, -0.2) is 25.2 Å². The average molecular weight is 2090 g/mol. The molecule has 0 aromatic heterocycles. The second kappa shape index (κ2) is 53.9. The van der Waals surface area contributed by atoms with Crippen molar-refractivity contribution in [1.82, 2.24) is 0 Å². The molecule has 0 aliphatic rings. The number of benzene rings is 18. The van der Waals surface area contributed by atoms with E-state index in [1.165, 1.54) is 99.5 Å². The van der Waals surface area contributed by atoms with Gasteiger partial charge in [-0.05, 0) is 170 Å². The first-order valence-corrected chi connectivity index (χ1v) is 54.1. The van der Waals surface area contributed by atoms with Crippen LogP contribution >= 0.6 is 54.3 Å². The van der Waals surface area contributed by atoms with Crippen LogP contribution in [0.3, 0.4) is 0 Å². The molecule has 0 aliphatic carbocycles. The minimum absolute atomic E-state index is 0. The minimum Gasteiger partial charge on any atom is -0.423 e. The van der Waals surface area contributed by atoms with Crippen molar-refractivity contribution in [3.8, 4) is 33.4 Å². The second-order valence-corrected chi connectivity index (χ2v) is 46.9. The summed E-state index contributed by atoms with van der Waals surface area (Å²) in [6.45, 7) is 9.87. The molecule has 0 saturated carbocycles. The molecule has 18 aromatic carbocycles. The van der Waals surface area contributed by atoms with Gasteiger partial charge in [0, 0.05) is 48.1 Å². The average Bonchev–Trinajstić information content (AvgIpc) is 0.767. The van der Waals surface area contributed by atoms with E-state index in [-0.39, 0.29) is 37.1 Å². The summed E-state index contributed by atoms with van der Waals surface area (Å²) in [5, 5.41) is 34.1. The van der Waals surface area contributed by atoms with E-state index in [0.717, 1.165) is 43.4 Å². The van der Waals surface area contributed by atoms with Crippen molar-refractivity contribution < 1.29 is 65.6 Å². The molecule has 682 valence electrons. The topological polar surface area (TPSA) is 40.5 Å².